The molecule has 0 aliphatic heterocycles. The van der Waals surface area contributed by atoms with Crippen molar-refractivity contribution in [3.8, 4) is 22.0 Å². The van der Waals surface area contributed by atoms with Crippen LogP contribution in [0.3, 0.4) is 0 Å². The van der Waals surface area contributed by atoms with Crippen LogP contribution in [0.25, 0.3) is 26.9 Å². The van der Waals surface area contributed by atoms with E-state index >= 15 is 0 Å². The smallest absolute Gasteiger partial charge is 0.235 e. The number of hydrogen-bond donors (Lipinski definition) is 0. The highest BCUT2D eigenvalue weighted by molar-refractivity contribution is 7.19. The van der Waals surface area contributed by atoms with E-state index in [-0.39, 0.29) is 0 Å². The summed E-state index contributed by atoms with van der Waals surface area (Å²) in [6.07, 6.45) is 3.48. The van der Waals surface area contributed by atoms with Gasteiger partial charge >= 0.3 is 0 Å². The van der Waals surface area contributed by atoms with E-state index in [9.17, 15) is 0 Å². The van der Waals surface area contributed by atoms with Crippen LogP contribution in [-0.2, 0) is 0 Å². The molecule has 0 saturated carbocycles. The highest BCUT2D eigenvalue weighted by atomic mass is 35.5. The van der Waals surface area contributed by atoms with Gasteiger partial charge in [0.05, 0.1) is 5.02 Å². The molecule has 0 aliphatic carbocycles. The molecule has 3 heterocycles. The second-order valence-electron chi connectivity index (χ2n) is 4.49. The van der Waals surface area contributed by atoms with Crippen molar-refractivity contribution in [3.63, 3.8) is 0 Å². The first-order valence-electron chi connectivity index (χ1n) is 6.30. The maximum absolute atomic E-state index is 6.24. The molecule has 5 nitrogen and oxygen atoms in total. The van der Waals surface area contributed by atoms with Crippen LogP contribution >= 0.6 is 34.5 Å². The van der Waals surface area contributed by atoms with Gasteiger partial charge in [0.15, 0.2) is 5.82 Å². The van der Waals surface area contributed by atoms with Crippen molar-refractivity contribution in [3.05, 3.63) is 52.8 Å². The van der Waals surface area contributed by atoms with E-state index in [1.54, 1.807) is 35.1 Å². The van der Waals surface area contributed by atoms with Crippen LogP contribution in [0.15, 0.2) is 42.7 Å². The Morgan fingerprint density at radius 2 is 2.00 bits per heavy atom. The highest BCUT2D eigenvalue weighted by Gasteiger charge is 2.16. The summed E-state index contributed by atoms with van der Waals surface area (Å²) in [6, 6.07) is 9.03. The van der Waals surface area contributed by atoms with E-state index in [2.05, 4.69) is 20.3 Å². The standard InChI is InChI=1S/C14H7Cl2N5S/c15-9-3-4-11(16)10(6-9)12-18-19-14-21(12)20-13(22-14)8-2-1-5-17-7-8/h1-7H. The number of halogens is 2. The van der Waals surface area contributed by atoms with Gasteiger partial charge in [-0.05, 0) is 30.3 Å². The molecular formula is C14H7Cl2N5S. The van der Waals surface area contributed by atoms with Crippen LogP contribution in [0.5, 0.6) is 0 Å². The van der Waals surface area contributed by atoms with Crippen molar-refractivity contribution in [1.82, 2.24) is 24.8 Å². The Morgan fingerprint density at radius 1 is 1.09 bits per heavy atom. The second-order valence-corrected chi connectivity index (χ2v) is 6.29. The molecule has 0 N–H and O–H groups in total. The van der Waals surface area contributed by atoms with Gasteiger partial charge in [-0.1, -0.05) is 34.5 Å². The molecule has 0 fully saturated rings. The SMILES string of the molecule is Clc1ccc(Cl)c(-c2nnc3sc(-c4cccnc4)nn23)c1. The first-order chi connectivity index (χ1) is 10.7. The largest absolute Gasteiger partial charge is 0.264 e. The summed E-state index contributed by atoms with van der Waals surface area (Å²) in [4.78, 5) is 4.79. The molecule has 0 spiro atoms. The van der Waals surface area contributed by atoms with Crippen LogP contribution < -0.4 is 0 Å². The number of nitrogens with zero attached hydrogens (tertiary/aromatic N) is 5. The average molecular weight is 348 g/mol. The van der Waals surface area contributed by atoms with E-state index < -0.39 is 0 Å². The quantitative estimate of drug-likeness (QED) is 0.544. The summed E-state index contributed by atoms with van der Waals surface area (Å²) in [7, 11) is 0. The van der Waals surface area contributed by atoms with E-state index in [0.717, 1.165) is 10.6 Å². The van der Waals surface area contributed by atoms with E-state index in [4.69, 9.17) is 23.2 Å². The monoisotopic (exact) mass is 347 g/mol. The Hall–Kier alpha value is -2.02. The third kappa shape index (κ3) is 2.25. The summed E-state index contributed by atoms with van der Waals surface area (Å²) in [5.74, 6) is 0.564. The number of pyridine rings is 1. The van der Waals surface area contributed by atoms with Crippen LogP contribution in [0.2, 0.25) is 10.0 Å². The van der Waals surface area contributed by atoms with Crippen LogP contribution in [-0.4, -0.2) is 24.8 Å². The molecule has 0 aliphatic rings. The van der Waals surface area contributed by atoms with Gasteiger partial charge in [0.25, 0.3) is 0 Å². The molecule has 0 amide bonds. The number of hydrogen-bond acceptors (Lipinski definition) is 5. The molecule has 108 valence electrons. The third-order valence-corrected chi connectivity index (χ3v) is 4.58. The molecule has 4 rings (SSSR count). The lowest BCUT2D eigenvalue weighted by atomic mass is 10.2. The fraction of sp³-hybridized carbons (Fsp3) is 0. The lowest BCUT2D eigenvalue weighted by Gasteiger charge is -2.01. The van der Waals surface area contributed by atoms with Crippen LogP contribution in [0, 0.1) is 0 Å². The van der Waals surface area contributed by atoms with Crippen molar-refractivity contribution >= 4 is 39.5 Å². The Kier molecular flexibility index (Phi) is 3.29. The fourth-order valence-electron chi connectivity index (χ4n) is 2.06. The molecule has 0 bridgehead atoms. The van der Waals surface area contributed by atoms with Crippen molar-refractivity contribution in [2.75, 3.05) is 0 Å². The van der Waals surface area contributed by atoms with Gasteiger partial charge in [0.1, 0.15) is 5.01 Å². The Morgan fingerprint density at radius 3 is 2.82 bits per heavy atom. The van der Waals surface area contributed by atoms with Gasteiger partial charge in [-0.2, -0.15) is 9.61 Å². The molecule has 0 atom stereocenters. The molecule has 0 radical (unpaired) electrons. The zero-order valence-corrected chi connectivity index (χ0v) is 13.3. The number of fused-ring (bicyclic) bond motifs is 1. The Labute approximate surface area is 139 Å². The van der Waals surface area contributed by atoms with E-state index in [1.807, 2.05) is 12.1 Å². The van der Waals surface area contributed by atoms with Gasteiger partial charge in [-0.3, -0.25) is 4.98 Å². The highest BCUT2D eigenvalue weighted by Crippen LogP contribution is 2.32. The molecule has 1 aromatic carbocycles. The normalized spacial score (nSPS) is 11.2. The van der Waals surface area contributed by atoms with Gasteiger partial charge in [0, 0.05) is 28.5 Å². The number of rotatable bonds is 2. The maximum atomic E-state index is 6.24. The minimum atomic E-state index is 0.551. The maximum Gasteiger partial charge on any atom is 0.235 e. The zero-order chi connectivity index (χ0) is 15.1. The molecule has 3 aromatic heterocycles. The van der Waals surface area contributed by atoms with E-state index in [0.29, 0.717) is 26.4 Å². The second kappa shape index (κ2) is 5.31. The molecule has 4 aromatic rings. The molecular weight excluding hydrogens is 341 g/mol. The molecule has 0 unspecified atom stereocenters. The summed E-state index contributed by atoms with van der Waals surface area (Å²) in [5.41, 5.74) is 1.63. The Bertz CT molecular complexity index is 964. The van der Waals surface area contributed by atoms with Crippen LogP contribution in [0.4, 0.5) is 0 Å². The van der Waals surface area contributed by atoms with Crippen molar-refractivity contribution in [2.45, 2.75) is 0 Å². The average Bonchev–Trinajstić information content (AvgIpc) is 3.11. The Balaban J connectivity index is 1.90. The first kappa shape index (κ1) is 13.6. The van der Waals surface area contributed by atoms with Crippen LogP contribution in [0.1, 0.15) is 0 Å². The molecule has 22 heavy (non-hydrogen) atoms. The molecule has 0 saturated heterocycles. The fourth-order valence-corrected chi connectivity index (χ4v) is 3.26. The zero-order valence-electron chi connectivity index (χ0n) is 10.9. The van der Waals surface area contributed by atoms with E-state index in [1.165, 1.54) is 11.3 Å². The first-order valence-corrected chi connectivity index (χ1v) is 7.88. The van der Waals surface area contributed by atoms with Gasteiger partial charge in [-0.25, -0.2) is 0 Å². The molecule has 8 heteroatoms. The summed E-state index contributed by atoms with van der Waals surface area (Å²) >= 11 is 13.7. The summed E-state index contributed by atoms with van der Waals surface area (Å²) in [6.45, 7) is 0. The summed E-state index contributed by atoms with van der Waals surface area (Å²) < 4.78 is 1.67. The van der Waals surface area contributed by atoms with Crippen molar-refractivity contribution in [2.24, 2.45) is 0 Å². The van der Waals surface area contributed by atoms with Crippen molar-refractivity contribution < 1.29 is 0 Å². The predicted octanol–water partition coefficient (Wildman–Crippen LogP) is 4.22. The summed E-state index contributed by atoms with van der Waals surface area (Å²) in [5, 5.41) is 14.8. The number of benzene rings is 1. The lowest BCUT2D eigenvalue weighted by Crippen LogP contribution is -1.92. The van der Waals surface area contributed by atoms with Gasteiger partial charge < -0.3 is 0 Å². The van der Waals surface area contributed by atoms with Crippen molar-refractivity contribution in [1.29, 1.82) is 0 Å². The third-order valence-electron chi connectivity index (χ3n) is 3.07. The number of aromatic nitrogens is 5. The lowest BCUT2D eigenvalue weighted by molar-refractivity contribution is 0.970. The minimum Gasteiger partial charge on any atom is -0.264 e. The van der Waals surface area contributed by atoms with Gasteiger partial charge in [0.2, 0.25) is 4.96 Å². The van der Waals surface area contributed by atoms with Gasteiger partial charge in [-0.15, -0.1) is 10.2 Å². The predicted molar refractivity (Wildman–Crippen MR) is 87.3 cm³/mol. The topological polar surface area (TPSA) is 56.0 Å². The minimum absolute atomic E-state index is 0.551.